The van der Waals surface area contributed by atoms with E-state index >= 15 is 0 Å². The molecular weight excluding hydrogens is 787 g/mol. The Bertz CT molecular complexity index is 1130. The molecule has 2 fully saturated rings. The van der Waals surface area contributed by atoms with Crippen LogP contribution in [0.2, 0.25) is 0 Å². The minimum Gasteiger partial charge on any atom is -0.394 e. The highest BCUT2D eigenvalue weighted by Crippen LogP contribution is 2.30. The maximum atomic E-state index is 13.0. The molecule has 0 saturated carbocycles. The van der Waals surface area contributed by atoms with Crippen LogP contribution in [0.5, 0.6) is 0 Å². The molecule has 0 spiro atoms. The first-order valence-electron chi connectivity index (χ1n) is 24.1. The van der Waals surface area contributed by atoms with Crippen LogP contribution >= 0.6 is 0 Å². The smallest absolute Gasteiger partial charge is 0.220 e. The molecule has 14 nitrogen and oxygen atoms in total. The molecular formula is C47H87NO13. The van der Waals surface area contributed by atoms with Crippen LogP contribution in [0, 0.1) is 0 Å². The quantitative estimate of drug-likeness (QED) is 0.0285. The lowest BCUT2D eigenvalue weighted by Crippen LogP contribution is -2.65. The minimum atomic E-state index is -1.79. The fourth-order valence-corrected chi connectivity index (χ4v) is 7.89. The average molecular weight is 874 g/mol. The Balaban J connectivity index is 1.85. The molecule has 0 aromatic heterocycles. The number of nitrogens with one attached hydrogen (secondary N) is 1. The molecule has 0 aromatic carbocycles. The van der Waals surface area contributed by atoms with E-state index in [2.05, 4.69) is 31.3 Å². The minimum absolute atomic E-state index is 0.255. The first kappa shape index (κ1) is 55.6. The molecule has 12 atom stereocenters. The van der Waals surface area contributed by atoms with Gasteiger partial charge in [0.2, 0.25) is 5.91 Å². The van der Waals surface area contributed by atoms with Crippen molar-refractivity contribution >= 4 is 5.91 Å². The number of carbonyl (C=O) groups is 1. The molecule has 0 aromatic rings. The second-order valence-electron chi connectivity index (χ2n) is 17.2. The number of ether oxygens (including phenoxy) is 4. The van der Waals surface area contributed by atoms with E-state index in [1.165, 1.54) is 109 Å². The number of hydrogen-bond donors (Lipinski definition) is 9. The van der Waals surface area contributed by atoms with E-state index in [1.54, 1.807) is 6.08 Å². The second kappa shape index (κ2) is 34.8. The number of aliphatic hydroxyl groups is 8. The summed E-state index contributed by atoms with van der Waals surface area (Å²) in [7, 11) is 0. The van der Waals surface area contributed by atoms with Crippen molar-refractivity contribution in [2.45, 2.75) is 248 Å². The molecule has 2 aliphatic rings. The Morgan fingerprint density at radius 2 is 1.05 bits per heavy atom. The van der Waals surface area contributed by atoms with Gasteiger partial charge in [-0.05, 0) is 32.1 Å². The summed E-state index contributed by atoms with van der Waals surface area (Å²) in [5.74, 6) is -0.255. The maximum Gasteiger partial charge on any atom is 0.220 e. The van der Waals surface area contributed by atoms with Gasteiger partial charge in [-0.3, -0.25) is 4.79 Å². The molecule has 2 aliphatic heterocycles. The predicted molar refractivity (Wildman–Crippen MR) is 235 cm³/mol. The van der Waals surface area contributed by atoms with Crippen LogP contribution in [0.1, 0.15) is 174 Å². The van der Waals surface area contributed by atoms with Crippen LogP contribution in [0.25, 0.3) is 0 Å². The molecule has 12 unspecified atom stereocenters. The molecule has 0 bridgehead atoms. The average Bonchev–Trinajstić information content (AvgIpc) is 3.26. The summed E-state index contributed by atoms with van der Waals surface area (Å²) in [4.78, 5) is 13.0. The SMILES string of the molecule is CCCCCCCCCCCCCCC/C=C/CC/C=C/C(O)C(COC1OC(CO)C(OC2OC(CO)C(O)C(O)C2O)C(O)C1O)NC(=O)CCCCCCCCCC. The third-order valence-corrected chi connectivity index (χ3v) is 11.9. The van der Waals surface area contributed by atoms with E-state index in [9.17, 15) is 45.6 Å². The highest BCUT2D eigenvalue weighted by atomic mass is 16.7. The number of amides is 1. The first-order chi connectivity index (χ1) is 29.6. The van der Waals surface area contributed by atoms with Crippen molar-refractivity contribution in [1.29, 1.82) is 0 Å². The number of carbonyl (C=O) groups excluding carboxylic acids is 1. The van der Waals surface area contributed by atoms with Crippen molar-refractivity contribution < 1.29 is 64.6 Å². The van der Waals surface area contributed by atoms with Crippen molar-refractivity contribution in [2.75, 3.05) is 19.8 Å². The first-order valence-corrected chi connectivity index (χ1v) is 24.1. The third-order valence-electron chi connectivity index (χ3n) is 11.9. The maximum absolute atomic E-state index is 13.0. The van der Waals surface area contributed by atoms with Crippen molar-refractivity contribution in [3.63, 3.8) is 0 Å². The lowest BCUT2D eigenvalue weighted by molar-refractivity contribution is -0.359. The number of aliphatic hydroxyl groups excluding tert-OH is 8. The van der Waals surface area contributed by atoms with E-state index in [0.29, 0.717) is 12.8 Å². The van der Waals surface area contributed by atoms with E-state index in [1.807, 2.05) is 6.08 Å². The van der Waals surface area contributed by atoms with E-state index < -0.39 is 86.8 Å². The molecule has 358 valence electrons. The summed E-state index contributed by atoms with van der Waals surface area (Å²) < 4.78 is 22.6. The van der Waals surface area contributed by atoms with E-state index in [-0.39, 0.29) is 18.9 Å². The number of unbranched alkanes of at least 4 members (excludes halogenated alkanes) is 21. The van der Waals surface area contributed by atoms with E-state index in [4.69, 9.17) is 18.9 Å². The van der Waals surface area contributed by atoms with Gasteiger partial charge in [0.1, 0.15) is 48.8 Å². The molecule has 1 amide bonds. The largest absolute Gasteiger partial charge is 0.394 e. The van der Waals surface area contributed by atoms with Crippen molar-refractivity contribution in [3.05, 3.63) is 24.3 Å². The molecule has 9 N–H and O–H groups in total. The number of allylic oxidation sites excluding steroid dienone is 3. The summed E-state index contributed by atoms with van der Waals surface area (Å²) in [6.45, 7) is 2.72. The van der Waals surface area contributed by atoms with Crippen LogP contribution in [0.15, 0.2) is 24.3 Å². The zero-order valence-corrected chi connectivity index (χ0v) is 37.7. The van der Waals surface area contributed by atoms with Crippen molar-refractivity contribution in [2.24, 2.45) is 0 Å². The van der Waals surface area contributed by atoms with Gasteiger partial charge in [0, 0.05) is 6.42 Å². The highest BCUT2D eigenvalue weighted by molar-refractivity contribution is 5.76. The summed E-state index contributed by atoms with van der Waals surface area (Å²) in [5, 5.41) is 86.4. The highest BCUT2D eigenvalue weighted by Gasteiger charge is 2.51. The fourth-order valence-electron chi connectivity index (χ4n) is 7.89. The van der Waals surface area contributed by atoms with Gasteiger partial charge in [-0.15, -0.1) is 0 Å². The molecule has 0 aliphatic carbocycles. The fraction of sp³-hybridized carbons (Fsp3) is 0.894. The third kappa shape index (κ3) is 22.8. The van der Waals surface area contributed by atoms with Gasteiger partial charge < -0.3 is 65.1 Å². The van der Waals surface area contributed by atoms with Gasteiger partial charge >= 0.3 is 0 Å². The van der Waals surface area contributed by atoms with Gasteiger partial charge in [0.05, 0.1) is 32.0 Å². The van der Waals surface area contributed by atoms with Crippen LogP contribution in [-0.2, 0) is 23.7 Å². The lowest BCUT2D eigenvalue weighted by Gasteiger charge is -2.46. The zero-order valence-electron chi connectivity index (χ0n) is 37.7. The van der Waals surface area contributed by atoms with Gasteiger partial charge in [-0.1, -0.05) is 160 Å². The Kier molecular flexibility index (Phi) is 31.7. The molecule has 14 heteroatoms. The van der Waals surface area contributed by atoms with Crippen LogP contribution in [-0.4, -0.2) is 140 Å². The molecule has 61 heavy (non-hydrogen) atoms. The van der Waals surface area contributed by atoms with Crippen molar-refractivity contribution in [1.82, 2.24) is 5.32 Å². The van der Waals surface area contributed by atoms with Crippen molar-refractivity contribution in [3.8, 4) is 0 Å². The Hall–Kier alpha value is -1.53. The van der Waals surface area contributed by atoms with Gasteiger partial charge in [-0.2, -0.15) is 0 Å². The monoisotopic (exact) mass is 874 g/mol. The van der Waals surface area contributed by atoms with Crippen LogP contribution < -0.4 is 5.32 Å². The van der Waals surface area contributed by atoms with Crippen LogP contribution in [0.4, 0.5) is 0 Å². The molecule has 2 saturated heterocycles. The Morgan fingerprint density at radius 1 is 0.574 bits per heavy atom. The summed E-state index contributed by atoms with van der Waals surface area (Å²) in [5.41, 5.74) is 0. The predicted octanol–water partition coefficient (Wildman–Crippen LogP) is 5.38. The summed E-state index contributed by atoms with van der Waals surface area (Å²) in [6, 6.07) is -0.924. The molecule has 2 rings (SSSR count). The summed E-state index contributed by atoms with van der Waals surface area (Å²) >= 11 is 0. The second-order valence-corrected chi connectivity index (χ2v) is 17.2. The van der Waals surface area contributed by atoms with E-state index in [0.717, 1.165) is 32.1 Å². The van der Waals surface area contributed by atoms with Crippen LogP contribution in [0.3, 0.4) is 0 Å². The number of rotatable bonds is 36. The van der Waals surface area contributed by atoms with Gasteiger partial charge in [0.25, 0.3) is 0 Å². The Morgan fingerprint density at radius 3 is 1.61 bits per heavy atom. The van der Waals surface area contributed by atoms with Gasteiger partial charge in [0.15, 0.2) is 12.6 Å². The van der Waals surface area contributed by atoms with Gasteiger partial charge in [-0.25, -0.2) is 0 Å². The standard InChI is InChI=1S/C47H87NO13/c1-3-5-7-9-11-13-14-15-16-17-18-19-20-21-22-23-24-26-28-30-36(51)35(48-39(52)31-29-27-25-12-10-8-6-4-2)34-58-46-44(57)42(55)45(38(33-50)60-46)61-47-43(56)41(54)40(53)37(32-49)59-47/h22-23,28,30,35-38,40-47,49-51,53-57H,3-21,24-27,29,31-34H2,1-2H3,(H,48,52)/b23-22+,30-28+. The number of hydrogen-bond acceptors (Lipinski definition) is 13. The Labute approximate surface area is 367 Å². The normalized spacial score (nSPS) is 28.2. The summed E-state index contributed by atoms with van der Waals surface area (Å²) in [6.07, 6.45) is 19.6. The topological polar surface area (TPSA) is 228 Å². The zero-order chi connectivity index (χ0) is 44.7. The lowest BCUT2D eigenvalue weighted by atomic mass is 9.97. The molecule has 2 heterocycles. The molecule has 0 radical (unpaired) electrons.